The highest BCUT2D eigenvalue weighted by Crippen LogP contribution is 2.25. The average Bonchev–Trinajstić information content (AvgIpc) is 3.24. The van der Waals surface area contributed by atoms with Crippen LogP contribution in [0.2, 0.25) is 0 Å². The highest BCUT2D eigenvalue weighted by molar-refractivity contribution is 9.10. The molecule has 2 unspecified atom stereocenters. The molecule has 24 heavy (non-hydrogen) atoms. The van der Waals surface area contributed by atoms with Crippen molar-refractivity contribution < 1.29 is 14.3 Å². The maximum atomic E-state index is 12.2. The van der Waals surface area contributed by atoms with E-state index in [-0.39, 0.29) is 12.0 Å². The largest absolute Gasteiger partial charge is 0.463 e. The molecule has 3 rings (SSSR count). The average molecular weight is 394 g/mol. The van der Waals surface area contributed by atoms with Gasteiger partial charge in [0.25, 0.3) is 5.91 Å². The first-order valence-corrected chi connectivity index (χ1v) is 8.79. The number of benzene rings is 1. The highest BCUT2D eigenvalue weighted by atomic mass is 79.9. The summed E-state index contributed by atoms with van der Waals surface area (Å²) in [5, 5.41) is 7.25. The Kier molecular flexibility index (Phi) is 5.52. The van der Waals surface area contributed by atoms with Gasteiger partial charge in [-0.1, -0.05) is 18.2 Å². The van der Waals surface area contributed by atoms with E-state index in [1.54, 1.807) is 11.6 Å². The molecule has 1 saturated heterocycles. The number of halogens is 1. The summed E-state index contributed by atoms with van der Waals surface area (Å²) in [5.74, 6) is 0.213. The van der Waals surface area contributed by atoms with E-state index in [1.807, 2.05) is 36.5 Å². The van der Waals surface area contributed by atoms with Crippen LogP contribution in [0.4, 0.5) is 0 Å². The van der Waals surface area contributed by atoms with Crippen molar-refractivity contribution in [1.82, 2.24) is 15.1 Å². The SMILES string of the molecule is CC(Oc1nn(-c2ccccc2)cc1Br)C(=O)NCC1CCCO1. The minimum Gasteiger partial charge on any atom is -0.463 e. The number of nitrogens with zero attached hydrogens (tertiary/aromatic N) is 2. The molecule has 1 aliphatic rings. The molecule has 2 atom stereocenters. The summed E-state index contributed by atoms with van der Waals surface area (Å²) in [4.78, 5) is 12.2. The van der Waals surface area contributed by atoms with Crippen molar-refractivity contribution in [2.45, 2.75) is 32.0 Å². The second-order valence-electron chi connectivity index (χ2n) is 5.70. The number of rotatable bonds is 6. The molecule has 1 aliphatic heterocycles. The molecular weight excluding hydrogens is 374 g/mol. The number of nitrogens with one attached hydrogen (secondary N) is 1. The lowest BCUT2D eigenvalue weighted by molar-refractivity contribution is -0.127. The minimum absolute atomic E-state index is 0.116. The Labute approximate surface area is 149 Å². The second-order valence-corrected chi connectivity index (χ2v) is 6.56. The minimum atomic E-state index is -0.637. The molecule has 128 valence electrons. The van der Waals surface area contributed by atoms with E-state index < -0.39 is 6.10 Å². The zero-order chi connectivity index (χ0) is 16.9. The smallest absolute Gasteiger partial charge is 0.260 e. The Morgan fingerprint density at radius 1 is 1.50 bits per heavy atom. The van der Waals surface area contributed by atoms with Crippen molar-refractivity contribution in [2.75, 3.05) is 13.2 Å². The van der Waals surface area contributed by atoms with E-state index in [9.17, 15) is 4.79 Å². The number of para-hydroxylation sites is 1. The third-order valence-electron chi connectivity index (χ3n) is 3.84. The molecule has 0 aliphatic carbocycles. The van der Waals surface area contributed by atoms with E-state index in [4.69, 9.17) is 9.47 Å². The molecule has 0 saturated carbocycles. The van der Waals surface area contributed by atoms with Crippen LogP contribution >= 0.6 is 15.9 Å². The van der Waals surface area contributed by atoms with Crippen molar-refractivity contribution in [2.24, 2.45) is 0 Å². The zero-order valence-electron chi connectivity index (χ0n) is 13.4. The fraction of sp³-hybridized carbons (Fsp3) is 0.412. The number of ether oxygens (including phenoxy) is 2. The fourth-order valence-electron chi connectivity index (χ4n) is 2.51. The van der Waals surface area contributed by atoms with Gasteiger partial charge in [0, 0.05) is 19.3 Å². The first kappa shape index (κ1) is 17.0. The van der Waals surface area contributed by atoms with Crippen molar-refractivity contribution in [1.29, 1.82) is 0 Å². The van der Waals surface area contributed by atoms with E-state index in [2.05, 4.69) is 26.3 Å². The third kappa shape index (κ3) is 4.15. The number of aromatic nitrogens is 2. The lowest BCUT2D eigenvalue weighted by Gasteiger charge is -2.15. The molecule has 0 radical (unpaired) electrons. The molecule has 1 N–H and O–H groups in total. The maximum absolute atomic E-state index is 12.2. The van der Waals surface area contributed by atoms with Gasteiger partial charge in [-0.3, -0.25) is 4.79 Å². The van der Waals surface area contributed by atoms with Crippen LogP contribution < -0.4 is 10.1 Å². The van der Waals surface area contributed by atoms with Crippen LogP contribution in [0.3, 0.4) is 0 Å². The number of hydrogen-bond acceptors (Lipinski definition) is 4. The van der Waals surface area contributed by atoms with Crippen molar-refractivity contribution in [3.63, 3.8) is 0 Å². The van der Waals surface area contributed by atoms with Crippen molar-refractivity contribution in [3.05, 3.63) is 41.0 Å². The van der Waals surface area contributed by atoms with Crippen LogP contribution in [-0.2, 0) is 9.53 Å². The molecule has 0 spiro atoms. The normalized spacial score (nSPS) is 18.3. The van der Waals surface area contributed by atoms with E-state index in [0.29, 0.717) is 16.9 Å². The summed E-state index contributed by atoms with van der Waals surface area (Å²) in [6.07, 6.45) is 3.33. The maximum Gasteiger partial charge on any atom is 0.260 e. The Morgan fingerprint density at radius 2 is 2.29 bits per heavy atom. The topological polar surface area (TPSA) is 65.4 Å². The molecule has 2 heterocycles. The Morgan fingerprint density at radius 3 is 3.00 bits per heavy atom. The third-order valence-corrected chi connectivity index (χ3v) is 4.39. The van der Waals surface area contributed by atoms with Gasteiger partial charge in [-0.25, -0.2) is 4.68 Å². The standard InChI is InChI=1S/C17H20BrN3O3/c1-12(16(22)19-10-14-8-5-9-23-14)24-17-15(18)11-21(20-17)13-6-3-2-4-7-13/h2-4,6-7,11-12,14H,5,8-10H2,1H3,(H,19,22). The summed E-state index contributed by atoms with van der Waals surface area (Å²) in [6, 6.07) is 9.71. The fourth-order valence-corrected chi connectivity index (χ4v) is 2.88. The lowest BCUT2D eigenvalue weighted by atomic mass is 10.2. The van der Waals surface area contributed by atoms with Gasteiger partial charge in [0.1, 0.15) is 0 Å². The number of hydrogen-bond donors (Lipinski definition) is 1. The van der Waals surface area contributed by atoms with E-state index in [0.717, 1.165) is 25.1 Å². The van der Waals surface area contributed by atoms with Crippen LogP contribution in [0.25, 0.3) is 5.69 Å². The lowest BCUT2D eigenvalue weighted by Crippen LogP contribution is -2.40. The van der Waals surface area contributed by atoms with Crippen molar-refractivity contribution in [3.8, 4) is 11.6 Å². The molecule has 2 aromatic rings. The molecule has 7 heteroatoms. The first-order chi connectivity index (χ1) is 11.6. The summed E-state index contributed by atoms with van der Waals surface area (Å²) in [5.41, 5.74) is 0.920. The van der Waals surface area contributed by atoms with Gasteiger partial charge >= 0.3 is 0 Å². The molecule has 1 amide bonds. The monoisotopic (exact) mass is 393 g/mol. The summed E-state index contributed by atoms with van der Waals surface area (Å²) < 4.78 is 13.6. The van der Waals surface area contributed by atoms with Crippen LogP contribution in [0.5, 0.6) is 5.88 Å². The number of amides is 1. The summed E-state index contributed by atoms with van der Waals surface area (Å²) in [7, 11) is 0. The molecule has 1 fully saturated rings. The molecule has 1 aromatic heterocycles. The zero-order valence-corrected chi connectivity index (χ0v) is 15.0. The van der Waals surface area contributed by atoms with E-state index in [1.165, 1.54) is 0 Å². The Hall–Kier alpha value is -1.86. The molecular formula is C17H20BrN3O3. The molecule has 0 bridgehead atoms. The van der Waals surface area contributed by atoms with Crippen LogP contribution in [0.1, 0.15) is 19.8 Å². The molecule has 6 nitrogen and oxygen atoms in total. The summed E-state index contributed by atoms with van der Waals surface area (Å²) in [6.45, 7) is 3.00. The van der Waals surface area contributed by atoms with Gasteiger partial charge in [-0.2, -0.15) is 0 Å². The Bertz CT molecular complexity index is 684. The van der Waals surface area contributed by atoms with E-state index >= 15 is 0 Å². The quantitative estimate of drug-likeness (QED) is 0.819. The van der Waals surface area contributed by atoms with Gasteiger partial charge in [0.05, 0.1) is 16.3 Å². The highest BCUT2D eigenvalue weighted by Gasteiger charge is 2.21. The van der Waals surface area contributed by atoms with Crippen LogP contribution in [0, 0.1) is 0 Å². The first-order valence-electron chi connectivity index (χ1n) is 8.00. The van der Waals surface area contributed by atoms with Gasteiger partial charge in [0.15, 0.2) is 6.10 Å². The van der Waals surface area contributed by atoms with Gasteiger partial charge < -0.3 is 14.8 Å². The number of carbonyl (C=O) groups is 1. The second kappa shape index (κ2) is 7.81. The number of carbonyl (C=O) groups excluding carboxylic acids is 1. The van der Waals surface area contributed by atoms with Crippen molar-refractivity contribution >= 4 is 21.8 Å². The predicted molar refractivity (Wildman–Crippen MR) is 93.3 cm³/mol. The molecule has 1 aromatic carbocycles. The van der Waals surface area contributed by atoms with Gasteiger partial charge in [-0.15, -0.1) is 5.10 Å². The van der Waals surface area contributed by atoms with Crippen LogP contribution in [0.15, 0.2) is 41.0 Å². The van der Waals surface area contributed by atoms with Gasteiger partial charge in [0.2, 0.25) is 5.88 Å². The van der Waals surface area contributed by atoms with Crippen LogP contribution in [-0.4, -0.2) is 41.0 Å². The Balaban J connectivity index is 1.58. The van der Waals surface area contributed by atoms with Gasteiger partial charge in [-0.05, 0) is 47.8 Å². The predicted octanol–water partition coefficient (Wildman–Crippen LogP) is 2.70. The summed E-state index contributed by atoms with van der Waals surface area (Å²) >= 11 is 3.42.